The van der Waals surface area contributed by atoms with Gasteiger partial charge in [0.25, 0.3) is 5.91 Å². The molecule has 10 heteroatoms. The number of hydrogen-bond donors (Lipinski definition) is 0. The van der Waals surface area contributed by atoms with E-state index in [2.05, 4.69) is 32.4 Å². The van der Waals surface area contributed by atoms with Gasteiger partial charge in [0.15, 0.2) is 6.33 Å². The average Bonchev–Trinajstić information content (AvgIpc) is 3.47. The second-order valence-corrected chi connectivity index (χ2v) is 7.26. The molecule has 30 heavy (non-hydrogen) atoms. The molecule has 0 radical (unpaired) electrons. The number of rotatable bonds is 4. The molecule has 0 unspecified atom stereocenters. The average molecular weight is 404 g/mol. The van der Waals surface area contributed by atoms with Crippen molar-refractivity contribution < 1.29 is 9.53 Å². The highest BCUT2D eigenvalue weighted by atomic mass is 16.5. The molecular formula is C20H20N8O2. The zero-order valence-corrected chi connectivity index (χ0v) is 16.4. The van der Waals surface area contributed by atoms with Crippen LogP contribution in [0.15, 0.2) is 55.2 Å². The van der Waals surface area contributed by atoms with Crippen LogP contribution in [0.5, 0.6) is 5.88 Å². The normalized spacial score (nSPS) is 19.2. The van der Waals surface area contributed by atoms with E-state index in [1.165, 1.54) is 11.1 Å². The van der Waals surface area contributed by atoms with Crippen LogP contribution in [0.2, 0.25) is 0 Å². The summed E-state index contributed by atoms with van der Waals surface area (Å²) in [6, 6.07) is 9.22. The lowest BCUT2D eigenvalue weighted by molar-refractivity contribution is 0.0376. The number of benzene rings is 1. The first-order chi connectivity index (χ1) is 14.7. The van der Waals surface area contributed by atoms with Crippen molar-refractivity contribution in [1.29, 1.82) is 0 Å². The summed E-state index contributed by atoms with van der Waals surface area (Å²) < 4.78 is 7.91. The minimum atomic E-state index is -0.157. The van der Waals surface area contributed by atoms with Gasteiger partial charge in [0.1, 0.15) is 17.3 Å². The SMILES string of the molecule is C[C@@H]1CC[C@@H](Oc2nccn3nccc23)CN1C(=O)c1ccccc1-n1ncnn1. The van der Waals surface area contributed by atoms with E-state index in [9.17, 15) is 4.79 Å². The molecule has 0 spiro atoms. The van der Waals surface area contributed by atoms with Gasteiger partial charge in [0, 0.05) is 18.4 Å². The van der Waals surface area contributed by atoms with Crippen molar-refractivity contribution in [1.82, 2.24) is 39.7 Å². The molecule has 152 valence electrons. The summed E-state index contributed by atoms with van der Waals surface area (Å²) in [5, 5.41) is 16.0. The first-order valence-corrected chi connectivity index (χ1v) is 9.79. The second-order valence-electron chi connectivity index (χ2n) is 7.26. The fourth-order valence-electron chi connectivity index (χ4n) is 3.80. The van der Waals surface area contributed by atoms with Crippen molar-refractivity contribution in [2.24, 2.45) is 0 Å². The number of tetrazole rings is 1. The minimum Gasteiger partial charge on any atom is -0.471 e. The maximum atomic E-state index is 13.4. The zero-order chi connectivity index (χ0) is 20.5. The summed E-state index contributed by atoms with van der Waals surface area (Å²) in [7, 11) is 0. The standard InChI is InChI=1S/C20H20N8O2/c1-14-6-7-15(30-19-18-8-9-23-27(18)11-10-21-19)12-26(14)20(29)16-4-2-3-5-17(16)28-24-13-22-25-28/h2-5,8-11,13-15H,6-7,12H2,1H3/t14-,15-/m1/s1. The number of para-hydroxylation sites is 1. The van der Waals surface area contributed by atoms with Crippen molar-refractivity contribution in [3.05, 3.63) is 60.8 Å². The number of carbonyl (C=O) groups excluding carboxylic acids is 1. The summed E-state index contributed by atoms with van der Waals surface area (Å²) in [5.74, 6) is 0.438. The summed E-state index contributed by atoms with van der Waals surface area (Å²) in [4.78, 5) is 21.0. The predicted molar refractivity (Wildman–Crippen MR) is 106 cm³/mol. The molecule has 10 nitrogen and oxygen atoms in total. The Balaban J connectivity index is 1.39. The van der Waals surface area contributed by atoms with E-state index < -0.39 is 0 Å². The molecule has 2 atom stereocenters. The van der Waals surface area contributed by atoms with E-state index >= 15 is 0 Å². The van der Waals surface area contributed by atoms with Gasteiger partial charge in [-0.05, 0) is 43.2 Å². The van der Waals surface area contributed by atoms with Crippen LogP contribution in [0.4, 0.5) is 0 Å². The van der Waals surface area contributed by atoms with E-state index in [-0.39, 0.29) is 18.1 Å². The summed E-state index contributed by atoms with van der Waals surface area (Å²) in [6.07, 6.45) is 8.00. The van der Waals surface area contributed by atoms with E-state index in [1.807, 2.05) is 29.2 Å². The molecule has 3 aromatic heterocycles. The van der Waals surface area contributed by atoms with Crippen LogP contribution in [0.3, 0.4) is 0 Å². The Morgan fingerprint density at radius 3 is 2.90 bits per heavy atom. The third kappa shape index (κ3) is 3.25. The maximum absolute atomic E-state index is 13.4. The van der Waals surface area contributed by atoms with Crippen LogP contribution in [0, 0.1) is 0 Å². The van der Waals surface area contributed by atoms with Crippen LogP contribution >= 0.6 is 0 Å². The van der Waals surface area contributed by atoms with Crippen molar-refractivity contribution in [3.63, 3.8) is 0 Å². The lowest BCUT2D eigenvalue weighted by Gasteiger charge is -2.38. The van der Waals surface area contributed by atoms with E-state index in [1.54, 1.807) is 29.2 Å². The van der Waals surface area contributed by atoms with Gasteiger partial charge in [-0.2, -0.15) is 5.10 Å². The van der Waals surface area contributed by atoms with Crippen LogP contribution in [-0.4, -0.2) is 64.3 Å². The van der Waals surface area contributed by atoms with Gasteiger partial charge in [-0.1, -0.05) is 12.1 Å². The lowest BCUT2D eigenvalue weighted by Crippen LogP contribution is -2.49. The monoisotopic (exact) mass is 404 g/mol. The molecule has 1 aliphatic heterocycles. The highest BCUT2D eigenvalue weighted by Crippen LogP contribution is 2.26. The van der Waals surface area contributed by atoms with E-state index in [4.69, 9.17) is 4.74 Å². The minimum absolute atomic E-state index is 0.0841. The largest absolute Gasteiger partial charge is 0.471 e. The van der Waals surface area contributed by atoms with Gasteiger partial charge in [-0.3, -0.25) is 4.79 Å². The molecule has 1 amide bonds. The van der Waals surface area contributed by atoms with Crippen LogP contribution in [0.1, 0.15) is 30.1 Å². The second kappa shape index (κ2) is 7.54. The van der Waals surface area contributed by atoms with Gasteiger partial charge in [0.2, 0.25) is 5.88 Å². The van der Waals surface area contributed by atoms with Crippen molar-refractivity contribution >= 4 is 11.4 Å². The summed E-state index contributed by atoms with van der Waals surface area (Å²) in [6.45, 7) is 2.52. The maximum Gasteiger partial charge on any atom is 0.256 e. The van der Waals surface area contributed by atoms with Crippen LogP contribution in [0.25, 0.3) is 11.2 Å². The summed E-state index contributed by atoms with van der Waals surface area (Å²) >= 11 is 0. The molecule has 1 aliphatic rings. The molecule has 0 aliphatic carbocycles. The van der Waals surface area contributed by atoms with Gasteiger partial charge in [0.05, 0.1) is 18.3 Å². The molecule has 0 saturated carbocycles. The number of nitrogens with zero attached hydrogens (tertiary/aromatic N) is 8. The molecule has 0 bridgehead atoms. The Morgan fingerprint density at radius 2 is 2.03 bits per heavy atom. The fourth-order valence-corrected chi connectivity index (χ4v) is 3.80. The van der Waals surface area contributed by atoms with Crippen LogP contribution in [-0.2, 0) is 0 Å². The number of fused-ring (bicyclic) bond motifs is 1. The number of carbonyl (C=O) groups is 1. The molecule has 1 fully saturated rings. The number of hydrogen-bond acceptors (Lipinski definition) is 7. The van der Waals surface area contributed by atoms with E-state index in [0.29, 0.717) is 23.7 Å². The number of ether oxygens (including phenoxy) is 1. The van der Waals surface area contributed by atoms with Crippen LogP contribution < -0.4 is 4.74 Å². The zero-order valence-electron chi connectivity index (χ0n) is 16.4. The van der Waals surface area contributed by atoms with Crippen molar-refractivity contribution in [2.45, 2.75) is 31.9 Å². The first-order valence-electron chi connectivity index (χ1n) is 9.79. The smallest absolute Gasteiger partial charge is 0.256 e. The highest BCUT2D eigenvalue weighted by Gasteiger charge is 2.32. The quantitative estimate of drug-likeness (QED) is 0.511. The highest BCUT2D eigenvalue weighted by molar-refractivity contribution is 5.98. The Bertz CT molecular complexity index is 1170. The molecule has 1 saturated heterocycles. The number of amides is 1. The molecule has 4 heterocycles. The van der Waals surface area contributed by atoms with Gasteiger partial charge in [-0.25, -0.2) is 9.50 Å². The predicted octanol–water partition coefficient (Wildman–Crippen LogP) is 1.78. The fraction of sp³-hybridized carbons (Fsp3) is 0.300. The first kappa shape index (κ1) is 18.2. The van der Waals surface area contributed by atoms with Crippen molar-refractivity contribution in [3.8, 4) is 11.6 Å². The third-order valence-electron chi connectivity index (χ3n) is 5.37. The molecule has 1 aromatic carbocycles. The van der Waals surface area contributed by atoms with Gasteiger partial charge >= 0.3 is 0 Å². The Hall–Kier alpha value is -3.82. The lowest BCUT2D eigenvalue weighted by atomic mass is 9.99. The number of likely N-dealkylation sites (tertiary alicyclic amines) is 1. The van der Waals surface area contributed by atoms with Gasteiger partial charge < -0.3 is 9.64 Å². The Labute approximate surface area is 172 Å². The summed E-state index contributed by atoms with van der Waals surface area (Å²) in [5.41, 5.74) is 1.93. The Kier molecular flexibility index (Phi) is 4.58. The molecule has 0 N–H and O–H groups in total. The third-order valence-corrected chi connectivity index (χ3v) is 5.37. The molecule has 4 aromatic rings. The Morgan fingerprint density at radius 1 is 1.13 bits per heavy atom. The molecule has 5 rings (SSSR count). The number of aromatic nitrogens is 7. The van der Waals surface area contributed by atoms with Crippen molar-refractivity contribution in [2.75, 3.05) is 6.54 Å². The van der Waals surface area contributed by atoms with Gasteiger partial charge in [-0.15, -0.1) is 15.0 Å². The number of piperidine rings is 1. The molecular weight excluding hydrogens is 384 g/mol. The van der Waals surface area contributed by atoms with E-state index in [0.717, 1.165) is 18.4 Å². The topological polar surface area (TPSA) is 103 Å².